The van der Waals surface area contributed by atoms with E-state index in [-0.39, 0.29) is 22.8 Å². The quantitative estimate of drug-likeness (QED) is 0.740. The van der Waals surface area contributed by atoms with Crippen molar-refractivity contribution in [2.24, 2.45) is 0 Å². The Labute approximate surface area is 156 Å². The molecule has 9 heteroatoms. The number of benzene rings is 2. The molecule has 0 saturated carbocycles. The van der Waals surface area contributed by atoms with Gasteiger partial charge in [-0.05, 0) is 29.8 Å². The van der Waals surface area contributed by atoms with Gasteiger partial charge in [0.1, 0.15) is 23.7 Å². The summed E-state index contributed by atoms with van der Waals surface area (Å²) in [6.45, 7) is 1.13. The number of carbonyl (C=O) groups is 1. The second-order valence-corrected chi connectivity index (χ2v) is 7.88. The zero-order chi connectivity index (χ0) is 19.4. The SMILES string of the molecule is O=C(OCc1cccc(S(=O)(=O)N2CCOCC2)c1)c1ccc(O)cc1O. The first-order valence-corrected chi connectivity index (χ1v) is 9.68. The predicted molar refractivity (Wildman–Crippen MR) is 94.9 cm³/mol. The molecular weight excluding hydrogens is 374 g/mol. The number of phenolic OH excluding ortho intramolecular Hbond substituents is 2. The lowest BCUT2D eigenvalue weighted by molar-refractivity contribution is 0.0469. The number of morpholine rings is 1. The third-order valence-corrected chi connectivity index (χ3v) is 5.97. The van der Waals surface area contributed by atoms with Gasteiger partial charge in [0, 0.05) is 19.2 Å². The summed E-state index contributed by atoms with van der Waals surface area (Å²) < 4.78 is 37.0. The van der Waals surface area contributed by atoms with Gasteiger partial charge in [0.15, 0.2) is 0 Å². The number of phenols is 2. The van der Waals surface area contributed by atoms with Crippen molar-refractivity contribution in [3.63, 3.8) is 0 Å². The van der Waals surface area contributed by atoms with Crippen molar-refractivity contribution in [1.29, 1.82) is 0 Å². The van der Waals surface area contributed by atoms with E-state index in [2.05, 4.69) is 0 Å². The Kier molecular flexibility index (Phi) is 5.64. The summed E-state index contributed by atoms with van der Waals surface area (Å²) in [7, 11) is -3.64. The molecule has 1 aliphatic heterocycles. The first-order chi connectivity index (χ1) is 12.9. The molecule has 1 heterocycles. The fraction of sp³-hybridized carbons (Fsp3) is 0.278. The molecule has 0 radical (unpaired) electrons. The minimum absolute atomic E-state index is 0.0927. The molecule has 2 aromatic rings. The Bertz CT molecular complexity index is 936. The standard InChI is InChI=1S/C18H19NO7S/c20-14-4-5-16(17(21)11-14)18(22)26-12-13-2-1-3-15(10-13)27(23,24)19-6-8-25-9-7-19/h1-5,10-11,20-21H,6-9,12H2. The molecule has 3 rings (SSSR count). The van der Waals surface area contributed by atoms with Crippen LogP contribution in [-0.2, 0) is 26.1 Å². The van der Waals surface area contributed by atoms with Crippen LogP contribution < -0.4 is 0 Å². The van der Waals surface area contributed by atoms with Crippen molar-refractivity contribution < 1.29 is 32.9 Å². The second kappa shape index (κ2) is 7.95. The molecule has 1 saturated heterocycles. The van der Waals surface area contributed by atoms with Gasteiger partial charge >= 0.3 is 5.97 Å². The molecule has 0 aromatic heterocycles. The van der Waals surface area contributed by atoms with Gasteiger partial charge in [0.2, 0.25) is 10.0 Å². The van der Waals surface area contributed by atoms with Gasteiger partial charge in [-0.2, -0.15) is 4.31 Å². The van der Waals surface area contributed by atoms with Crippen LogP contribution in [0.2, 0.25) is 0 Å². The highest BCUT2D eigenvalue weighted by molar-refractivity contribution is 7.89. The van der Waals surface area contributed by atoms with Crippen LogP contribution in [0, 0.1) is 0 Å². The molecule has 1 aliphatic rings. The summed E-state index contributed by atoms with van der Waals surface area (Å²) in [5.74, 6) is -1.36. The van der Waals surface area contributed by atoms with E-state index in [1.165, 1.54) is 28.6 Å². The van der Waals surface area contributed by atoms with Gasteiger partial charge < -0.3 is 19.7 Å². The van der Waals surface area contributed by atoms with Crippen molar-refractivity contribution in [3.05, 3.63) is 53.6 Å². The molecule has 2 aromatic carbocycles. The molecule has 0 atom stereocenters. The zero-order valence-electron chi connectivity index (χ0n) is 14.4. The molecule has 1 fully saturated rings. The smallest absolute Gasteiger partial charge is 0.342 e. The highest BCUT2D eigenvalue weighted by Crippen LogP contribution is 2.24. The highest BCUT2D eigenvalue weighted by atomic mass is 32.2. The third kappa shape index (κ3) is 4.38. The summed E-state index contributed by atoms with van der Waals surface area (Å²) in [5, 5.41) is 19.0. The van der Waals surface area contributed by atoms with Crippen LogP contribution >= 0.6 is 0 Å². The number of hydrogen-bond acceptors (Lipinski definition) is 7. The fourth-order valence-corrected chi connectivity index (χ4v) is 4.13. The molecule has 0 spiro atoms. The molecule has 0 unspecified atom stereocenters. The number of rotatable bonds is 5. The van der Waals surface area contributed by atoms with Crippen LogP contribution in [0.15, 0.2) is 47.4 Å². The summed E-state index contributed by atoms with van der Waals surface area (Å²) in [6.07, 6.45) is 0. The first kappa shape index (κ1) is 19.2. The Hall–Kier alpha value is -2.62. The molecule has 0 bridgehead atoms. The minimum atomic E-state index is -3.64. The molecule has 2 N–H and O–H groups in total. The number of ether oxygens (including phenoxy) is 2. The zero-order valence-corrected chi connectivity index (χ0v) is 15.2. The molecule has 8 nitrogen and oxygen atoms in total. The summed E-state index contributed by atoms with van der Waals surface area (Å²) >= 11 is 0. The van der Waals surface area contributed by atoms with E-state index >= 15 is 0 Å². The average molecular weight is 393 g/mol. The van der Waals surface area contributed by atoms with Crippen molar-refractivity contribution in [1.82, 2.24) is 4.31 Å². The maximum absolute atomic E-state index is 12.7. The Morgan fingerprint density at radius 3 is 2.56 bits per heavy atom. The Morgan fingerprint density at radius 2 is 1.85 bits per heavy atom. The molecule has 0 amide bonds. The Balaban J connectivity index is 1.71. The molecule has 27 heavy (non-hydrogen) atoms. The van der Waals surface area contributed by atoms with E-state index in [4.69, 9.17) is 9.47 Å². The second-order valence-electron chi connectivity index (χ2n) is 5.94. The number of nitrogens with zero attached hydrogens (tertiary/aromatic N) is 1. The first-order valence-electron chi connectivity index (χ1n) is 8.24. The number of hydrogen-bond donors (Lipinski definition) is 2. The van der Waals surface area contributed by atoms with Crippen LogP contribution in [0.1, 0.15) is 15.9 Å². The number of aromatic hydroxyl groups is 2. The largest absolute Gasteiger partial charge is 0.508 e. The maximum atomic E-state index is 12.7. The van der Waals surface area contributed by atoms with Crippen LogP contribution in [0.5, 0.6) is 11.5 Å². The summed E-state index contributed by atoms with van der Waals surface area (Å²) in [6, 6.07) is 9.69. The van der Waals surface area contributed by atoms with E-state index in [1.54, 1.807) is 12.1 Å². The van der Waals surface area contributed by atoms with Crippen LogP contribution in [-0.4, -0.2) is 55.2 Å². The lowest BCUT2D eigenvalue weighted by Crippen LogP contribution is -2.40. The molecular formula is C18H19NO7S. The van der Waals surface area contributed by atoms with Crippen LogP contribution in [0.3, 0.4) is 0 Å². The Morgan fingerprint density at radius 1 is 1.11 bits per heavy atom. The topological polar surface area (TPSA) is 113 Å². The van der Waals surface area contributed by atoms with Crippen LogP contribution in [0.25, 0.3) is 0 Å². The van der Waals surface area contributed by atoms with Crippen molar-refractivity contribution in [2.75, 3.05) is 26.3 Å². The molecule has 144 valence electrons. The van der Waals surface area contributed by atoms with Crippen molar-refractivity contribution in [2.45, 2.75) is 11.5 Å². The maximum Gasteiger partial charge on any atom is 0.342 e. The van der Waals surface area contributed by atoms with Crippen molar-refractivity contribution >= 4 is 16.0 Å². The average Bonchev–Trinajstić information content (AvgIpc) is 2.67. The summed E-state index contributed by atoms with van der Waals surface area (Å²) in [5.41, 5.74) is 0.404. The monoisotopic (exact) mass is 393 g/mol. The van der Waals surface area contributed by atoms with Gasteiger partial charge in [-0.15, -0.1) is 0 Å². The van der Waals surface area contributed by atoms with E-state index in [1.807, 2.05) is 0 Å². The lowest BCUT2D eigenvalue weighted by Gasteiger charge is -2.26. The van der Waals surface area contributed by atoms with Crippen molar-refractivity contribution in [3.8, 4) is 11.5 Å². The summed E-state index contributed by atoms with van der Waals surface area (Å²) in [4.78, 5) is 12.2. The van der Waals surface area contributed by atoms with Gasteiger partial charge in [0.05, 0.1) is 18.1 Å². The van der Waals surface area contributed by atoms with Gasteiger partial charge in [-0.1, -0.05) is 12.1 Å². The van der Waals surface area contributed by atoms with E-state index in [0.717, 1.165) is 6.07 Å². The van der Waals surface area contributed by atoms with Gasteiger partial charge in [0.25, 0.3) is 0 Å². The van der Waals surface area contributed by atoms with E-state index in [0.29, 0.717) is 31.9 Å². The van der Waals surface area contributed by atoms with E-state index in [9.17, 15) is 23.4 Å². The molecule has 0 aliphatic carbocycles. The predicted octanol–water partition coefficient (Wildman–Crippen LogP) is 1.48. The van der Waals surface area contributed by atoms with E-state index < -0.39 is 21.7 Å². The third-order valence-electron chi connectivity index (χ3n) is 4.08. The van der Waals surface area contributed by atoms with Crippen LogP contribution in [0.4, 0.5) is 0 Å². The normalized spacial score (nSPS) is 15.4. The van der Waals surface area contributed by atoms with Gasteiger partial charge in [-0.3, -0.25) is 0 Å². The minimum Gasteiger partial charge on any atom is -0.508 e. The number of esters is 1. The lowest BCUT2D eigenvalue weighted by atomic mass is 10.2. The number of sulfonamides is 1. The fourth-order valence-electron chi connectivity index (χ4n) is 2.65. The number of carbonyl (C=O) groups excluding carboxylic acids is 1. The van der Waals surface area contributed by atoms with Gasteiger partial charge in [-0.25, -0.2) is 13.2 Å². The highest BCUT2D eigenvalue weighted by Gasteiger charge is 2.26.